The average Bonchev–Trinajstić information content (AvgIpc) is 2.02. The largest absolute Gasteiger partial charge is 0.405 e. The molecule has 0 nitrogen and oxygen atoms in total. The van der Waals surface area contributed by atoms with Crippen LogP contribution >= 0.6 is 0 Å². The van der Waals surface area contributed by atoms with Gasteiger partial charge in [-0.25, -0.2) is 0 Å². The molecule has 0 radical (unpaired) electrons. The van der Waals surface area contributed by atoms with E-state index in [-0.39, 0.29) is 20.4 Å². The van der Waals surface area contributed by atoms with Crippen LogP contribution in [0.3, 0.4) is 0 Å². The first kappa shape index (κ1) is 10.1. The molecule has 1 aromatic rings. The summed E-state index contributed by atoms with van der Waals surface area (Å²) in [5, 5.41) is 2.37. The van der Waals surface area contributed by atoms with Gasteiger partial charge in [0, 0.05) is 0 Å². The maximum Gasteiger partial charge on any atom is 0.405 e. The molecule has 0 N–H and O–H groups in total. The summed E-state index contributed by atoms with van der Waals surface area (Å²) in [7, 11) is 0. The zero-order chi connectivity index (χ0) is 9.30. The molecule has 62 valence electrons. The van der Waals surface area contributed by atoms with Crippen molar-refractivity contribution in [3.8, 4) is 0 Å². The minimum Gasteiger partial charge on any atom is -0.168 e. The number of benzene rings is 1. The van der Waals surface area contributed by atoms with Crippen LogP contribution in [0.2, 0.25) is 5.05 Å². The first-order valence-corrected chi connectivity index (χ1v) is 6.76. The van der Waals surface area contributed by atoms with Gasteiger partial charge in [-0.05, 0) is 27.7 Å². The molecule has 0 spiro atoms. The van der Waals surface area contributed by atoms with E-state index in [1.165, 1.54) is 22.3 Å². The fourth-order valence-electron chi connectivity index (χ4n) is 1.83. The van der Waals surface area contributed by atoms with Crippen molar-refractivity contribution in [1.82, 2.24) is 0 Å². The number of rotatable bonds is 1. The van der Waals surface area contributed by atoms with Gasteiger partial charge in [0.1, 0.15) is 0 Å². The van der Waals surface area contributed by atoms with Crippen molar-refractivity contribution < 1.29 is 0 Å². The van der Waals surface area contributed by atoms with Crippen molar-refractivity contribution >= 4 is 24.1 Å². The van der Waals surface area contributed by atoms with Crippen LogP contribution in [0.1, 0.15) is 22.3 Å². The molecule has 0 aromatic heterocycles. The Balaban J connectivity index is 3.42. The Kier molecular flexibility index (Phi) is 3.19. The van der Waals surface area contributed by atoms with Crippen LogP contribution in [-0.4, -0.2) is 20.4 Å². The summed E-state index contributed by atoms with van der Waals surface area (Å²) in [6.07, 6.45) is 0. The van der Waals surface area contributed by atoms with E-state index in [1.807, 2.05) is 0 Å². The van der Waals surface area contributed by atoms with Crippen molar-refractivity contribution in [2.45, 2.75) is 32.7 Å². The fraction of sp³-hybridized carbons (Fsp3) is 0.455. The van der Waals surface area contributed by atoms with Crippen LogP contribution in [0.5, 0.6) is 0 Å². The Hall–Kier alpha value is -0.0138. The van der Waals surface area contributed by atoms with E-state index in [0.29, 0.717) is 0 Å². The van der Waals surface area contributed by atoms with Crippen LogP contribution in [0.25, 0.3) is 0 Å². The fourth-order valence-corrected chi connectivity index (χ4v) is 3.45. The third-order valence-corrected chi connectivity index (χ3v) is 4.64. The molecule has 0 bridgehead atoms. The lowest BCUT2D eigenvalue weighted by molar-refractivity contribution is 1.27. The summed E-state index contributed by atoms with van der Waals surface area (Å²) >= 11 is -0.00938. The second-order valence-corrected chi connectivity index (χ2v) is 5.01. The molecule has 0 saturated heterocycles. The summed E-state index contributed by atoms with van der Waals surface area (Å²) in [5.74, 6) is 0. The molecule has 0 aliphatic carbocycles. The second kappa shape index (κ2) is 3.80. The highest BCUT2D eigenvalue weighted by Crippen LogP contribution is 2.11. The predicted octanol–water partition coefficient (Wildman–Crippen LogP) is 2.30. The lowest BCUT2D eigenvalue weighted by Crippen LogP contribution is -2.20. The molecule has 0 atom stereocenters. The molecule has 0 heterocycles. The zero-order valence-corrected chi connectivity index (χ0v) is 10.2. The number of aryl methyl sites for hydroxylation is 2. The topological polar surface area (TPSA) is 0 Å². The summed E-state index contributed by atoms with van der Waals surface area (Å²) in [6, 6.07) is 2.30. The summed E-state index contributed by atoms with van der Waals surface area (Å²) in [5.41, 5.74) is 5.99. The highest BCUT2D eigenvalue weighted by atomic mass is 24.5. The molecule has 12 heavy (non-hydrogen) atoms. The maximum absolute atomic E-state index is 2.37. The molecule has 0 unspecified atom stereocenters. The van der Waals surface area contributed by atoms with Gasteiger partial charge in [-0.2, -0.15) is 3.69 Å². The summed E-state index contributed by atoms with van der Waals surface area (Å²) < 4.78 is 1.67. The molecular weight excluding hydrogens is 156 g/mol. The van der Waals surface area contributed by atoms with E-state index in [9.17, 15) is 0 Å². The molecule has 0 aliphatic rings. The summed E-state index contributed by atoms with van der Waals surface area (Å²) in [6.45, 7) is 8.95. The van der Waals surface area contributed by atoms with Crippen LogP contribution in [0, 0.1) is 27.7 Å². The molecule has 0 aliphatic heterocycles. The monoisotopic (exact) mass is 172 g/mol. The molecule has 1 rings (SSSR count). The Bertz CT molecular complexity index is 274. The first-order chi connectivity index (χ1) is 5.57. The normalized spacial score (nSPS) is 9.75. The molecule has 1 aromatic carbocycles. The lowest BCUT2D eigenvalue weighted by Gasteiger charge is -2.14. The van der Waals surface area contributed by atoms with Gasteiger partial charge < -0.3 is 0 Å². The smallest absolute Gasteiger partial charge is 0.168 e. The second-order valence-electron chi connectivity index (χ2n) is 3.59. The number of hydrogen-bond donors (Lipinski definition) is 0. The van der Waals surface area contributed by atoms with Gasteiger partial charge in [0.15, 0.2) is 0 Å². The van der Waals surface area contributed by atoms with E-state index >= 15 is 0 Å². The van der Waals surface area contributed by atoms with Crippen molar-refractivity contribution in [2.75, 3.05) is 0 Å². The van der Waals surface area contributed by atoms with Crippen LogP contribution in [-0.2, 0) is 0 Å². The quantitative estimate of drug-likeness (QED) is 0.571. The van der Waals surface area contributed by atoms with Gasteiger partial charge in [0.2, 0.25) is 0 Å². The van der Waals surface area contributed by atoms with Crippen molar-refractivity contribution in [1.29, 1.82) is 0 Å². The van der Waals surface area contributed by atoms with Crippen LogP contribution < -0.4 is 3.69 Å². The van der Waals surface area contributed by atoms with Crippen LogP contribution in [0.15, 0.2) is 6.07 Å². The Morgan fingerprint density at radius 3 is 1.67 bits per heavy atom. The maximum atomic E-state index is 2.37. The molecule has 0 fully saturated rings. The minimum atomic E-state index is -0.00938. The van der Waals surface area contributed by atoms with Crippen LogP contribution in [0.4, 0.5) is 0 Å². The van der Waals surface area contributed by atoms with Gasteiger partial charge in [0.25, 0.3) is 0 Å². The Labute approximate surface area is 85.1 Å². The third-order valence-electron chi connectivity index (χ3n) is 2.87. The minimum absolute atomic E-state index is 0.00938. The van der Waals surface area contributed by atoms with Gasteiger partial charge in [0.05, 0.1) is 0 Å². The van der Waals surface area contributed by atoms with E-state index in [0.717, 1.165) is 0 Å². The van der Waals surface area contributed by atoms with Gasteiger partial charge in [-0.1, -0.05) is 28.3 Å². The van der Waals surface area contributed by atoms with Crippen molar-refractivity contribution in [3.63, 3.8) is 0 Å². The van der Waals surface area contributed by atoms with E-state index in [4.69, 9.17) is 0 Å². The highest BCUT2D eigenvalue weighted by molar-refractivity contribution is 6.53. The molecule has 0 saturated carbocycles. The van der Waals surface area contributed by atoms with E-state index in [1.54, 1.807) is 3.69 Å². The number of hydrogen-bond acceptors (Lipinski definition) is 0. The molecular formula is C11H16Mg. The van der Waals surface area contributed by atoms with E-state index < -0.39 is 0 Å². The zero-order valence-electron chi connectivity index (χ0n) is 8.78. The van der Waals surface area contributed by atoms with Gasteiger partial charge >= 0.3 is 20.4 Å². The van der Waals surface area contributed by atoms with Crippen molar-refractivity contribution in [2.24, 2.45) is 0 Å². The Morgan fingerprint density at radius 2 is 1.33 bits per heavy atom. The molecule has 1 heteroatoms. The predicted molar refractivity (Wildman–Crippen MR) is 56.6 cm³/mol. The average molecular weight is 173 g/mol. The van der Waals surface area contributed by atoms with Gasteiger partial charge in [-0.3, -0.25) is 0 Å². The standard InChI is InChI=1S/C10H13.CH3.Mg/c1-7-5-9(3)10(4)6-8(7)2;;/h5H,1-4H3;1H3;. The van der Waals surface area contributed by atoms with E-state index in [2.05, 4.69) is 38.8 Å². The highest BCUT2D eigenvalue weighted by Gasteiger charge is 2.06. The lowest BCUT2D eigenvalue weighted by atomic mass is 10.0. The Morgan fingerprint density at radius 1 is 0.917 bits per heavy atom. The summed E-state index contributed by atoms with van der Waals surface area (Å²) in [4.78, 5) is 0. The third kappa shape index (κ3) is 1.67. The first-order valence-electron chi connectivity index (χ1n) is 4.64. The van der Waals surface area contributed by atoms with Crippen molar-refractivity contribution in [3.05, 3.63) is 28.3 Å². The SMILES string of the molecule is [CH3][Mg][c]1c(C)c(C)cc(C)c1C. The molecule has 0 amide bonds. The van der Waals surface area contributed by atoms with Gasteiger partial charge in [-0.15, -0.1) is 5.05 Å².